The van der Waals surface area contributed by atoms with Gasteiger partial charge in [-0.05, 0) is 98.6 Å². The van der Waals surface area contributed by atoms with Gasteiger partial charge in [0.1, 0.15) is 46.5 Å². The molecule has 19 heteroatoms. The van der Waals surface area contributed by atoms with Crippen molar-refractivity contribution in [2.24, 2.45) is 5.92 Å². The lowest BCUT2D eigenvalue weighted by atomic mass is 9.87. The van der Waals surface area contributed by atoms with Crippen LogP contribution in [0.5, 0.6) is 0 Å². The first-order valence-corrected chi connectivity index (χ1v) is 23.1. The summed E-state index contributed by atoms with van der Waals surface area (Å²) < 4.78 is 21.3. The van der Waals surface area contributed by atoms with Gasteiger partial charge in [0.25, 0.3) is 0 Å². The fourth-order valence-electron chi connectivity index (χ4n) is 7.41. The lowest BCUT2D eigenvalue weighted by Gasteiger charge is -2.41. The standard InChI is InChI=1S/C49H71N7O12/c1-46(2,3)66-43(62)50-30-37(41(60)56-25-23-49(24-26-56,42(61)65-10)55-45(64)68-48(7,8)9)53-39(58)35(29-33-21-22-33)51-38(57)34(27-31-17-13-11-14-18-31)52-40(59)36(28-32-19-15-12-16-20-32)54-44(63)67-47(4,5)6/h11-20,33-37H,21-30H2,1-10H3,(H,50,62)(H,51,57)(H,52,59)(H,53,58)(H,54,63)(H,55,64)/t34-,35-,36-,37-/m1/s1. The average Bonchev–Trinajstić information content (AvgIpc) is 4.07. The van der Waals surface area contributed by atoms with Crippen LogP contribution < -0.4 is 31.9 Å². The highest BCUT2D eigenvalue weighted by Gasteiger charge is 2.47. The second-order valence-corrected chi connectivity index (χ2v) is 20.3. The molecule has 1 heterocycles. The highest BCUT2D eigenvalue weighted by Crippen LogP contribution is 2.34. The van der Waals surface area contributed by atoms with Crippen molar-refractivity contribution in [2.45, 2.75) is 154 Å². The molecule has 1 saturated carbocycles. The van der Waals surface area contributed by atoms with Crippen molar-refractivity contribution in [3.63, 3.8) is 0 Å². The maximum Gasteiger partial charge on any atom is 0.408 e. The van der Waals surface area contributed by atoms with Crippen molar-refractivity contribution >= 4 is 47.9 Å². The van der Waals surface area contributed by atoms with E-state index in [1.165, 1.54) is 12.0 Å². The molecule has 1 aliphatic heterocycles. The third-order valence-corrected chi connectivity index (χ3v) is 10.8. The van der Waals surface area contributed by atoms with Gasteiger partial charge in [0.2, 0.25) is 23.6 Å². The number of amides is 7. The average molecular weight is 950 g/mol. The number of nitrogens with zero attached hydrogens (tertiary/aromatic N) is 1. The van der Waals surface area contributed by atoms with Crippen molar-refractivity contribution in [3.8, 4) is 0 Å². The molecular formula is C49H71N7O12. The molecule has 374 valence electrons. The van der Waals surface area contributed by atoms with Crippen LogP contribution in [0.4, 0.5) is 14.4 Å². The van der Waals surface area contributed by atoms with E-state index in [9.17, 15) is 38.4 Å². The molecule has 0 radical (unpaired) electrons. The number of esters is 1. The van der Waals surface area contributed by atoms with E-state index < -0.39 is 101 Å². The van der Waals surface area contributed by atoms with Crippen LogP contribution in [0.25, 0.3) is 0 Å². The maximum atomic E-state index is 14.5. The van der Waals surface area contributed by atoms with E-state index in [4.69, 9.17) is 18.9 Å². The summed E-state index contributed by atoms with van der Waals surface area (Å²) in [5, 5.41) is 16.3. The minimum Gasteiger partial charge on any atom is -0.467 e. The summed E-state index contributed by atoms with van der Waals surface area (Å²) in [6.45, 7) is 14.6. The zero-order chi connectivity index (χ0) is 50.5. The van der Waals surface area contributed by atoms with Crippen LogP contribution in [0.2, 0.25) is 0 Å². The smallest absolute Gasteiger partial charge is 0.408 e. The molecule has 0 bridgehead atoms. The molecule has 4 rings (SSSR count). The summed E-state index contributed by atoms with van der Waals surface area (Å²) >= 11 is 0. The van der Waals surface area contributed by atoms with Crippen LogP contribution in [0.15, 0.2) is 60.7 Å². The highest BCUT2D eigenvalue weighted by atomic mass is 16.6. The maximum absolute atomic E-state index is 14.5. The van der Waals surface area contributed by atoms with Crippen molar-refractivity contribution < 1.29 is 57.3 Å². The van der Waals surface area contributed by atoms with E-state index in [1.54, 1.807) is 111 Å². The number of nitrogens with one attached hydrogen (secondary N) is 6. The lowest BCUT2D eigenvalue weighted by molar-refractivity contribution is -0.153. The van der Waals surface area contributed by atoms with Gasteiger partial charge in [-0.1, -0.05) is 73.5 Å². The molecule has 2 fully saturated rings. The van der Waals surface area contributed by atoms with Crippen LogP contribution in [0.3, 0.4) is 0 Å². The largest absolute Gasteiger partial charge is 0.467 e. The number of benzene rings is 2. The predicted octanol–water partition coefficient (Wildman–Crippen LogP) is 4.20. The molecule has 0 aromatic heterocycles. The Hall–Kier alpha value is -6.40. The molecule has 1 saturated heterocycles. The quantitative estimate of drug-likeness (QED) is 0.0910. The van der Waals surface area contributed by atoms with Crippen LogP contribution in [-0.2, 0) is 55.8 Å². The normalized spacial score (nSPS) is 16.5. The number of rotatable bonds is 18. The Bertz CT molecular complexity index is 2070. The summed E-state index contributed by atoms with van der Waals surface area (Å²) in [4.78, 5) is 111. The number of hydrogen-bond donors (Lipinski definition) is 6. The molecule has 19 nitrogen and oxygen atoms in total. The van der Waals surface area contributed by atoms with Crippen LogP contribution >= 0.6 is 0 Å². The Labute approximate surface area is 399 Å². The summed E-state index contributed by atoms with van der Waals surface area (Å²) in [5.41, 5.74) is -2.66. The van der Waals surface area contributed by atoms with E-state index in [0.717, 1.165) is 18.4 Å². The van der Waals surface area contributed by atoms with Gasteiger partial charge < -0.3 is 55.7 Å². The van der Waals surface area contributed by atoms with E-state index in [1.807, 2.05) is 12.1 Å². The molecule has 0 spiro atoms. The van der Waals surface area contributed by atoms with E-state index >= 15 is 0 Å². The minimum atomic E-state index is -1.51. The van der Waals surface area contributed by atoms with E-state index in [0.29, 0.717) is 5.56 Å². The Morgan fingerprint density at radius 3 is 1.49 bits per heavy atom. The first-order chi connectivity index (χ1) is 31.7. The Morgan fingerprint density at radius 1 is 0.588 bits per heavy atom. The fourth-order valence-corrected chi connectivity index (χ4v) is 7.41. The SMILES string of the molecule is COC(=O)C1(NC(=O)OC(C)(C)C)CCN(C(=O)[C@@H](CNC(=O)OC(C)(C)C)NC(=O)[C@@H](CC2CC2)NC(=O)[C@@H](Cc2ccccc2)NC(=O)[C@@H](Cc2ccccc2)NC(=O)OC(C)(C)C)CC1. The number of piperidine rings is 1. The second kappa shape index (κ2) is 23.6. The number of methoxy groups -OCH3 is 1. The minimum absolute atomic E-state index is 0.0202. The molecule has 68 heavy (non-hydrogen) atoms. The van der Waals surface area contributed by atoms with Gasteiger partial charge in [-0.25, -0.2) is 19.2 Å². The van der Waals surface area contributed by atoms with Crippen LogP contribution in [0.1, 0.15) is 106 Å². The van der Waals surface area contributed by atoms with Crippen molar-refractivity contribution in [2.75, 3.05) is 26.7 Å². The van der Waals surface area contributed by atoms with Crippen molar-refractivity contribution in [1.82, 2.24) is 36.8 Å². The molecular weight excluding hydrogens is 879 g/mol. The van der Waals surface area contributed by atoms with Gasteiger partial charge in [0.15, 0.2) is 0 Å². The topological polar surface area (TPSA) is 249 Å². The Balaban J connectivity index is 1.59. The number of carbonyl (C=O) groups excluding carboxylic acids is 8. The first kappa shape index (κ1) is 54.2. The number of carbonyl (C=O) groups is 8. The summed E-state index contributed by atoms with van der Waals surface area (Å²) in [7, 11) is 1.19. The molecule has 6 N–H and O–H groups in total. The van der Waals surface area contributed by atoms with Crippen molar-refractivity contribution in [1.29, 1.82) is 0 Å². The number of alkyl carbamates (subject to hydrolysis) is 3. The molecule has 4 atom stereocenters. The van der Waals surface area contributed by atoms with E-state index in [2.05, 4.69) is 31.9 Å². The van der Waals surface area contributed by atoms with Gasteiger partial charge in [-0.3, -0.25) is 19.2 Å². The Kier molecular flexibility index (Phi) is 18.8. The highest BCUT2D eigenvalue weighted by molar-refractivity contribution is 5.96. The van der Waals surface area contributed by atoms with Gasteiger partial charge in [0.05, 0.1) is 13.7 Å². The van der Waals surface area contributed by atoms with Gasteiger partial charge >= 0.3 is 24.2 Å². The van der Waals surface area contributed by atoms with Gasteiger partial charge in [-0.2, -0.15) is 0 Å². The third-order valence-electron chi connectivity index (χ3n) is 10.8. The summed E-state index contributed by atoms with van der Waals surface area (Å²) in [5.74, 6) is -3.34. The zero-order valence-electron chi connectivity index (χ0n) is 41.1. The van der Waals surface area contributed by atoms with Crippen molar-refractivity contribution in [3.05, 3.63) is 71.8 Å². The summed E-state index contributed by atoms with van der Waals surface area (Å²) in [6, 6.07) is 13.0. The Morgan fingerprint density at radius 2 is 1.01 bits per heavy atom. The molecule has 7 amide bonds. The van der Waals surface area contributed by atoms with E-state index in [-0.39, 0.29) is 51.1 Å². The number of hydrogen-bond acceptors (Lipinski definition) is 12. The predicted molar refractivity (Wildman–Crippen MR) is 251 cm³/mol. The first-order valence-electron chi connectivity index (χ1n) is 23.1. The fraction of sp³-hybridized carbons (Fsp3) is 0.592. The van der Waals surface area contributed by atoms with Gasteiger partial charge in [-0.15, -0.1) is 0 Å². The number of likely N-dealkylation sites (tertiary alicyclic amines) is 1. The summed E-state index contributed by atoms with van der Waals surface area (Å²) in [6.07, 6.45) is -0.710. The third kappa shape index (κ3) is 18.4. The molecule has 0 unspecified atom stereocenters. The van der Waals surface area contributed by atoms with Gasteiger partial charge in [0, 0.05) is 25.9 Å². The molecule has 2 aliphatic rings. The number of ether oxygens (including phenoxy) is 4. The lowest BCUT2D eigenvalue weighted by Crippen LogP contribution is -2.64. The molecule has 2 aromatic carbocycles. The zero-order valence-corrected chi connectivity index (χ0v) is 41.1. The second-order valence-electron chi connectivity index (χ2n) is 20.3. The van der Waals surface area contributed by atoms with Crippen LogP contribution in [0, 0.1) is 5.92 Å². The molecule has 1 aliphatic carbocycles. The van der Waals surface area contributed by atoms with Crippen LogP contribution in [-0.4, -0.2) is 126 Å². The molecule has 2 aromatic rings. The monoisotopic (exact) mass is 950 g/mol.